The Morgan fingerprint density at radius 1 is 1.29 bits per heavy atom. The molecule has 1 aromatic carbocycles. The molecule has 0 aliphatic carbocycles. The number of nitrogens with one attached hydrogen (secondary N) is 1. The summed E-state index contributed by atoms with van der Waals surface area (Å²) in [6.07, 6.45) is 0. The van der Waals surface area contributed by atoms with E-state index >= 15 is 0 Å². The molecule has 4 nitrogen and oxygen atoms in total. The monoisotopic (exact) mass is 307 g/mol. The lowest BCUT2D eigenvalue weighted by Crippen LogP contribution is -2.20. The van der Waals surface area contributed by atoms with Crippen LogP contribution in [0.25, 0.3) is 5.69 Å². The van der Waals surface area contributed by atoms with Crippen LogP contribution in [-0.4, -0.2) is 30.0 Å². The summed E-state index contributed by atoms with van der Waals surface area (Å²) >= 11 is 6.14. The highest BCUT2D eigenvalue weighted by Gasteiger charge is 2.12. The quantitative estimate of drug-likeness (QED) is 0.833. The van der Waals surface area contributed by atoms with Gasteiger partial charge in [-0.1, -0.05) is 11.6 Å². The number of benzene rings is 1. The zero-order valence-electron chi connectivity index (χ0n) is 13.0. The third kappa shape index (κ3) is 3.64. The number of halogens is 1. The van der Waals surface area contributed by atoms with Crippen LogP contribution in [0.15, 0.2) is 18.2 Å². The first-order valence-electron chi connectivity index (χ1n) is 7.06. The lowest BCUT2D eigenvalue weighted by Gasteiger charge is -2.13. The molecule has 0 aliphatic rings. The van der Waals surface area contributed by atoms with Gasteiger partial charge in [0.1, 0.15) is 0 Å². The molecule has 0 fully saturated rings. The minimum absolute atomic E-state index is 0.689. The number of aryl methyl sites for hydroxylation is 1. The molecule has 0 unspecified atom stereocenters. The van der Waals surface area contributed by atoms with Gasteiger partial charge in [-0.15, -0.1) is 0 Å². The number of methoxy groups -OCH3 is 1. The fraction of sp³-hybridized carbons (Fsp3) is 0.438. The standard InChI is InChI=1S/C16H22ClN3O/c1-11-12(2)19-20(13(11)3)16-6-5-15(17)9-14(16)10-18-7-8-21-4/h5-6,9,18H,7-8,10H2,1-4H3. The molecule has 0 aliphatic heterocycles. The van der Waals surface area contributed by atoms with E-state index in [-0.39, 0.29) is 0 Å². The molecule has 0 radical (unpaired) electrons. The zero-order valence-corrected chi connectivity index (χ0v) is 13.8. The van der Waals surface area contributed by atoms with Crippen LogP contribution in [0.1, 0.15) is 22.5 Å². The number of aromatic nitrogens is 2. The van der Waals surface area contributed by atoms with Crippen LogP contribution in [0.3, 0.4) is 0 Å². The highest BCUT2D eigenvalue weighted by Crippen LogP contribution is 2.23. The molecule has 5 heteroatoms. The van der Waals surface area contributed by atoms with Crippen LogP contribution < -0.4 is 5.32 Å². The molecule has 1 heterocycles. The third-order valence-corrected chi connectivity index (χ3v) is 3.96. The van der Waals surface area contributed by atoms with Gasteiger partial charge in [-0.05, 0) is 50.1 Å². The number of rotatable bonds is 6. The highest BCUT2D eigenvalue weighted by molar-refractivity contribution is 6.30. The summed E-state index contributed by atoms with van der Waals surface area (Å²) in [7, 11) is 1.70. The molecule has 0 amide bonds. The molecule has 0 atom stereocenters. The van der Waals surface area contributed by atoms with E-state index in [2.05, 4.69) is 24.3 Å². The predicted molar refractivity (Wildman–Crippen MR) is 86.4 cm³/mol. The Morgan fingerprint density at radius 2 is 2.05 bits per heavy atom. The van der Waals surface area contributed by atoms with E-state index in [4.69, 9.17) is 16.3 Å². The Hall–Kier alpha value is -1.36. The second-order valence-electron chi connectivity index (χ2n) is 5.15. The van der Waals surface area contributed by atoms with E-state index in [1.807, 2.05) is 29.8 Å². The van der Waals surface area contributed by atoms with Gasteiger partial charge < -0.3 is 10.1 Å². The predicted octanol–water partition coefficient (Wildman–Crippen LogP) is 3.19. The first-order chi connectivity index (χ1) is 10.0. The zero-order chi connectivity index (χ0) is 15.4. The topological polar surface area (TPSA) is 39.1 Å². The molecule has 0 bridgehead atoms. The summed E-state index contributed by atoms with van der Waals surface area (Å²) in [5, 5.41) is 8.73. The average Bonchev–Trinajstić information content (AvgIpc) is 2.71. The fourth-order valence-electron chi connectivity index (χ4n) is 2.25. The van der Waals surface area contributed by atoms with Gasteiger partial charge in [0, 0.05) is 30.9 Å². The van der Waals surface area contributed by atoms with Gasteiger partial charge in [0.2, 0.25) is 0 Å². The maximum absolute atomic E-state index is 6.14. The van der Waals surface area contributed by atoms with Crippen molar-refractivity contribution >= 4 is 11.6 Å². The van der Waals surface area contributed by atoms with E-state index in [1.165, 1.54) is 5.56 Å². The van der Waals surface area contributed by atoms with E-state index in [0.29, 0.717) is 6.61 Å². The van der Waals surface area contributed by atoms with E-state index in [1.54, 1.807) is 7.11 Å². The summed E-state index contributed by atoms with van der Waals surface area (Å²) in [6.45, 7) is 8.45. The molecular formula is C16H22ClN3O. The Morgan fingerprint density at radius 3 is 2.67 bits per heavy atom. The fourth-order valence-corrected chi connectivity index (χ4v) is 2.45. The van der Waals surface area contributed by atoms with Gasteiger partial charge in [-0.25, -0.2) is 4.68 Å². The highest BCUT2D eigenvalue weighted by atomic mass is 35.5. The maximum atomic E-state index is 6.14. The molecule has 21 heavy (non-hydrogen) atoms. The van der Waals surface area contributed by atoms with Crippen LogP contribution in [-0.2, 0) is 11.3 Å². The van der Waals surface area contributed by atoms with Crippen LogP contribution in [0.2, 0.25) is 5.02 Å². The second-order valence-corrected chi connectivity index (χ2v) is 5.59. The number of hydrogen-bond donors (Lipinski definition) is 1. The average molecular weight is 308 g/mol. The molecular weight excluding hydrogens is 286 g/mol. The Balaban J connectivity index is 2.32. The van der Waals surface area contributed by atoms with Gasteiger partial charge in [0.05, 0.1) is 18.0 Å². The van der Waals surface area contributed by atoms with Crippen LogP contribution in [0, 0.1) is 20.8 Å². The van der Waals surface area contributed by atoms with Crippen LogP contribution >= 0.6 is 11.6 Å². The van der Waals surface area contributed by atoms with Crippen molar-refractivity contribution in [2.24, 2.45) is 0 Å². The SMILES string of the molecule is COCCNCc1cc(Cl)ccc1-n1nc(C)c(C)c1C. The number of ether oxygens (including phenoxy) is 1. The molecule has 2 rings (SSSR count). The van der Waals surface area contributed by atoms with Crippen LogP contribution in [0.5, 0.6) is 0 Å². The van der Waals surface area contributed by atoms with Gasteiger partial charge in [-0.3, -0.25) is 0 Å². The Labute approximate surface area is 131 Å². The van der Waals surface area contributed by atoms with Crippen molar-refractivity contribution in [1.29, 1.82) is 0 Å². The molecule has 1 aromatic heterocycles. The summed E-state index contributed by atoms with van der Waals surface area (Å²) < 4.78 is 7.04. The summed E-state index contributed by atoms with van der Waals surface area (Å²) in [4.78, 5) is 0. The molecule has 0 spiro atoms. The molecule has 2 aromatic rings. The summed E-state index contributed by atoms with van der Waals surface area (Å²) in [6, 6.07) is 5.92. The summed E-state index contributed by atoms with van der Waals surface area (Å²) in [5.74, 6) is 0. The minimum atomic E-state index is 0.689. The first kappa shape index (κ1) is 16.0. The third-order valence-electron chi connectivity index (χ3n) is 3.72. The Bertz CT molecular complexity index is 622. The van der Waals surface area contributed by atoms with Crippen molar-refractivity contribution in [2.75, 3.05) is 20.3 Å². The summed E-state index contributed by atoms with van der Waals surface area (Å²) in [5.41, 5.74) is 5.64. The Kier molecular flexibility index (Phi) is 5.39. The second kappa shape index (κ2) is 7.07. The van der Waals surface area contributed by atoms with Crippen molar-refractivity contribution in [3.63, 3.8) is 0 Å². The van der Waals surface area contributed by atoms with Gasteiger partial charge in [0.15, 0.2) is 0 Å². The van der Waals surface area contributed by atoms with Crippen molar-refractivity contribution in [1.82, 2.24) is 15.1 Å². The maximum Gasteiger partial charge on any atom is 0.0694 e. The van der Waals surface area contributed by atoms with Crippen molar-refractivity contribution < 1.29 is 4.74 Å². The van der Waals surface area contributed by atoms with E-state index in [9.17, 15) is 0 Å². The lowest BCUT2D eigenvalue weighted by molar-refractivity contribution is 0.199. The van der Waals surface area contributed by atoms with Crippen LogP contribution in [0.4, 0.5) is 0 Å². The smallest absolute Gasteiger partial charge is 0.0694 e. The molecule has 114 valence electrons. The van der Waals surface area contributed by atoms with E-state index < -0.39 is 0 Å². The first-order valence-corrected chi connectivity index (χ1v) is 7.43. The van der Waals surface area contributed by atoms with Gasteiger partial charge >= 0.3 is 0 Å². The normalized spacial score (nSPS) is 11.1. The van der Waals surface area contributed by atoms with Gasteiger partial charge in [0.25, 0.3) is 0 Å². The minimum Gasteiger partial charge on any atom is -0.383 e. The van der Waals surface area contributed by atoms with Crippen molar-refractivity contribution in [3.8, 4) is 5.69 Å². The van der Waals surface area contributed by atoms with Crippen molar-refractivity contribution in [2.45, 2.75) is 27.3 Å². The van der Waals surface area contributed by atoms with Crippen molar-refractivity contribution in [3.05, 3.63) is 45.7 Å². The van der Waals surface area contributed by atoms with E-state index in [0.717, 1.165) is 40.8 Å². The van der Waals surface area contributed by atoms with Gasteiger partial charge in [-0.2, -0.15) is 5.10 Å². The lowest BCUT2D eigenvalue weighted by atomic mass is 10.1. The molecule has 0 saturated carbocycles. The number of hydrogen-bond acceptors (Lipinski definition) is 3. The number of nitrogens with zero attached hydrogens (tertiary/aromatic N) is 2. The molecule has 0 saturated heterocycles. The largest absolute Gasteiger partial charge is 0.383 e. The molecule has 1 N–H and O–H groups in total.